The smallest absolute Gasteiger partial charge is 0.262 e. The second-order valence-corrected chi connectivity index (χ2v) is 6.13. The lowest BCUT2D eigenvalue weighted by Gasteiger charge is -2.13. The van der Waals surface area contributed by atoms with Crippen molar-refractivity contribution in [1.29, 1.82) is 0 Å². The first kappa shape index (κ1) is 15.1. The van der Waals surface area contributed by atoms with E-state index in [2.05, 4.69) is 4.72 Å². The summed E-state index contributed by atoms with van der Waals surface area (Å²) < 4.78 is 45.3. The number of aryl methyl sites for hydroxylation is 1. The van der Waals surface area contributed by atoms with Crippen LogP contribution in [0.15, 0.2) is 41.3 Å². The highest BCUT2D eigenvalue weighted by molar-refractivity contribution is 7.92. The SMILES string of the molecule is COc1cc(N)ccc1NS(=O)(=O)c1ccc(F)cc1C. The van der Waals surface area contributed by atoms with Gasteiger partial charge in [-0.2, -0.15) is 0 Å². The number of hydrogen-bond donors (Lipinski definition) is 2. The van der Waals surface area contributed by atoms with Crippen molar-refractivity contribution in [2.24, 2.45) is 0 Å². The molecule has 0 unspecified atom stereocenters. The van der Waals surface area contributed by atoms with Gasteiger partial charge in [-0.05, 0) is 42.8 Å². The number of methoxy groups -OCH3 is 1. The molecule has 3 N–H and O–H groups in total. The third kappa shape index (κ3) is 3.25. The molecule has 2 aromatic rings. The minimum absolute atomic E-state index is 0.00257. The topological polar surface area (TPSA) is 81.4 Å². The Kier molecular flexibility index (Phi) is 4.04. The number of nitrogens with one attached hydrogen (secondary N) is 1. The molecule has 0 fully saturated rings. The van der Waals surface area contributed by atoms with E-state index < -0.39 is 15.8 Å². The maximum Gasteiger partial charge on any atom is 0.262 e. The van der Waals surface area contributed by atoms with Gasteiger partial charge in [-0.1, -0.05) is 0 Å². The Morgan fingerprint density at radius 3 is 2.52 bits per heavy atom. The van der Waals surface area contributed by atoms with E-state index in [9.17, 15) is 12.8 Å². The van der Waals surface area contributed by atoms with Crippen LogP contribution in [0.1, 0.15) is 5.56 Å². The van der Waals surface area contributed by atoms with Crippen molar-refractivity contribution < 1.29 is 17.5 Å². The largest absolute Gasteiger partial charge is 0.494 e. The fourth-order valence-electron chi connectivity index (χ4n) is 1.91. The number of ether oxygens (including phenoxy) is 1. The average molecular weight is 310 g/mol. The molecule has 0 saturated carbocycles. The first-order valence-corrected chi connectivity index (χ1v) is 7.54. The Morgan fingerprint density at radius 2 is 1.90 bits per heavy atom. The van der Waals surface area contributed by atoms with Crippen LogP contribution >= 0.6 is 0 Å². The van der Waals surface area contributed by atoms with E-state index in [1.807, 2.05) is 0 Å². The van der Waals surface area contributed by atoms with Gasteiger partial charge in [0.2, 0.25) is 0 Å². The molecule has 0 amide bonds. The van der Waals surface area contributed by atoms with Crippen LogP contribution in [0.3, 0.4) is 0 Å². The van der Waals surface area contributed by atoms with Gasteiger partial charge in [0, 0.05) is 11.8 Å². The summed E-state index contributed by atoms with van der Waals surface area (Å²) >= 11 is 0. The Morgan fingerprint density at radius 1 is 1.19 bits per heavy atom. The molecular formula is C14H15FN2O3S. The molecule has 0 atom stereocenters. The van der Waals surface area contributed by atoms with Crippen molar-refractivity contribution >= 4 is 21.4 Å². The fourth-order valence-corrected chi connectivity index (χ4v) is 3.20. The van der Waals surface area contributed by atoms with Gasteiger partial charge >= 0.3 is 0 Å². The third-order valence-corrected chi connectivity index (χ3v) is 4.42. The van der Waals surface area contributed by atoms with Crippen molar-refractivity contribution in [2.45, 2.75) is 11.8 Å². The summed E-state index contributed by atoms with van der Waals surface area (Å²) in [6.07, 6.45) is 0. The van der Waals surface area contributed by atoms with Gasteiger partial charge in [0.05, 0.1) is 17.7 Å². The van der Waals surface area contributed by atoms with E-state index in [4.69, 9.17) is 10.5 Å². The lowest BCUT2D eigenvalue weighted by Crippen LogP contribution is -2.15. The van der Waals surface area contributed by atoms with Crippen LogP contribution < -0.4 is 15.2 Å². The second kappa shape index (κ2) is 5.61. The third-order valence-electron chi connectivity index (χ3n) is 2.90. The Labute approximate surface area is 122 Å². The van der Waals surface area contributed by atoms with Crippen LogP contribution in [-0.4, -0.2) is 15.5 Å². The quantitative estimate of drug-likeness (QED) is 0.850. The molecule has 112 valence electrons. The van der Waals surface area contributed by atoms with Gasteiger partial charge in [0.1, 0.15) is 11.6 Å². The second-order valence-electron chi connectivity index (χ2n) is 4.48. The summed E-state index contributed by atoms with van der Waals surface area (Å²) in [5.74, 6) is -0.185. The zero-order valence-electron chi connectivity index (χ0n) is 11.6. The van der Waals surface area contributed by atoms with E-state index in [0.29, 0.717) is 17.0 Å². The predicted molar refractivity (Wildman–Crippen MR) is 79.4 cm³/mol. The van der Waals surface area contributed by atoms with E-state index in [1.165, 1.54) is 32.2 Å². The standard InChI is InChI=1S/C14H15FN2O3S/c1-9-7-10(15)3-6-14(9)21(18,19)17-12-5-4-11(16)8-13(12)20-2/h3-8,17H,16H2,1-2H3. The summed E-state index contributed by atoms with van der Waals surface area (Å²) in [5, 5.41) is 0. The molecule has 0 bridgehead atoms. The lowest BCUT2D eigenvalue weighted by molar-refractivity contribution is 0.417. The predicted octanol–water partition coefficient (Wildman–Crippen LogP) is 2.53. The molecule has 2 aromatic carbocycles. The van der Waals surface area contributed by atoms with Crippen LogP contribution in [-0.2, 0) is 10.0 Å². The number of hydrogen-bond acceptors (Lipinski definition) is 4. The first-order valence-electron chi connectivity index (χ1n) is 6.06. The molecule has 0 radical (unpaired) electrons. The Bertz CT molecular complexity index is 776. The van der Waals surface area contributed by atoms with Crippen LogP contribution in [0.5, 0.6) is 5.75 Å². The molecule has 0 heterocycles. The van der Waals surface area contributed by atoms with Gasteiger partial charge < -0.3 is 10.5 Å². The summed E-state index contributed by atoms with van der Waals surface area (Å²) in [6, 6.07) is 8.05. The van der Waals surface area contributed by atoms with Crippen LogP contribution in [0.25, 0.3) is 0 Å². The monoisotopic (exact) mass is 310 g/mol. The van der Waals surface area contributed by atoms with E-state index in [0.717, 1.165) is 12.1 Å². The van der Waals surface area contributed by atoms with Gasteiger partial charge in [-0.15, -0.1) is 0 Å². The highest BCUT2D eigenvalue weighted by atomic mass is 32.2. The maximum atomic E-state index is 13.1. The summed E-state index contributed by atoms with van der Waals surface area (Å²) in [7, 11) is -2.43. The van der Waals surface area contributed by atoms with Crippen LogP contribution in [0.4, 0.5) is 15.8 Å². The molecule has 0 aromatic heterocycles. The summed E-state index contributed by atoms with van der Waals surface area (Å²) in [5.41, 5.74) is 6.65. The maximum absolute atomic E-state index is 13.1. The average Bonchev–Trinajstić information content (AvgIpc) is 2.40. The number of halogens is 1. The van der Waals surface area contributed by atoms with E-state index >= 15 is 0 Å². The number of sulfonamides is 1. The van der Waals surface area contributed by atoms with Crippen molar-refractivity contribution in [3.8, 4) is 5.75 Å². The van der Waals surface area contributed by atoms with Crippen LogP contribution in [0.2, 0.25) is 0 Å². The number of rotatable bonds is 4. The van der Waals surface area contributed by atoms with Crippen LogP contribution in [0, 0.1) is 12.7 Å². The molecule has 0 aliphatic carbocycles. The number of nitrogens with two attached hydrogens (primary N) is 1. The molecule has 0 spiro atoms. The van der Waals surface area contributed by atoms with Gasteiger partial charge in [-0.25, -0.2) is 12.8 Å². The molecule has 0 aliphatic heterocycles. The van der Waals surface area contributed by atoms with Gasteiger partial charge in [0.15, 0.2) is 0 Å². The van der Waals surface area contributed by atoms with Crippen molar-refractivity contribution in [3.05, 3.63) is 47.8 Å². The number of nitrogen functional groups attached to an aromatic ring is 1. The zero-order valence-corrected chi connectivity index (χ0v) is 12.4. The van der Waals surface area contributed by atoms with Crippen molar-refractivity contribution in [3.63, 3.8) is 0 Å². The minimum Gasteiger partial charge on any atom is -0.494 e. The highest BCUT2D eigenvalue weighted by Gasteiger charge is 2.19. The Balaban J connectivity index is 2.42. The summed E-state index contributed by atoms with van der Waals surface area (Å²) in [6.45, 7) is 1.53. The molecule has 0 aliphatic rings. The molecule has 7 heteroatoms. The zero-order chi connectivity index (χ0) is 15.6. The fraction of sp³-hybridized carbons (Fsp3) is 0.143. The first-order chi connectivity index (χ1) is 9.83. The van der Waals surface area contributed by atoms with E-state index in [-0.39, 0.29) is 10.6 Å². The number of benzene rings is 2. The highest BCUT2D eigenvalue weighted by Crippen LogP contribution is 2.29. The number of anilines is 2. The normalized spacial score (nSPS) is 11.2. The molecule has 0 saturated heterocycles. The molecule has 5 nitrogen and oxygen atoms in total. The Hall–Kier alpha value is -2.28. The van der Waals surface area contributed by atoms with Gasteiger partial charge in [0.25, 0.3) is 10.0 Å². The minimum atomic E-state index is -3.84. The van der Waals surface area contributed by atoms with Gasteiger partial charge in [-0.3, -0.25) is 4.72 Å². The lowest BCUT2D eigenvalue weighted by atomic mass is 10.2. The van der Waals surface area contributed by atoms with Crippen molar-refractivity contribution in [2.75, 3.05) is 17.6 Å². The van der Waals surface area contributed by atoms with Crippen molar-refractivity contribution in [1.82, 2.24) is 0 Å². The molecule has 2 rings (SSSR count). The summed E-state index contributed by atoms with van der Waals surface area (Å²) in [4.78, 5) is 0.00257. The molecular weight excluding hydrogens is 295 g/mol. The molecule has 21 heavy (non-hydrogen) atoms. The van der Waals surface area contributed by atoms with E-state index in [1.54, 1.807) is 6.07 Å².